The zero-order chi connectivity index (χ0) is 24.1. The molecule has 0 saturated carbocycles. The van der Waals surface area contributed by atoms with Crippen molar-refractivity contribution in [2.45, 2.75) is 56.7 Å². The molecule has 0 bridgehead atoms. The number of piperidine rings is 1. The van der Waals surface area contributed by atoms with Crippen molar-refractivity contribution in [1.29, 1.82) is 0 Å². The highest BCUT2D eigenvalue weighted by Crippen LogP contribution is 2.35. The number of rotatable bonds is 4. The second-order valence-electron chi connectivity index (χ2n) is 8.07. The number of carbonyl (C=O) groups excluding carboxylic acids is 2. The fourth-order valence-electron chi connectivity index (χ4n) is 4.10. The zero-order valence-corrected chi connectivity index (χ0v) is 17.8. The predicted octanol–water partition coefficient (Wildman–Crippen LogP) is 3.04. The van der Waals surface area contributed by atoms with Gasteiger partial charge in [-0.2, -0.15) is 13.2 Å². The molecule has 1 fully saturated rings. The lowest BCUT2D eigenvalue weighted by Gasteiger charge is -2.35. The van der Waals surface area contributed by atoms with E-state index in [0.29, 0.717) is 5.56 Å². The number of allylic oxidation sites excluding steroid dienone is 2. The summed E-state index contributed by atoms with van der Waals surface area (Å²) < 4.78 is 31.7. The molecule has 5 N–H and O–H groups in total. The number of nitrogens with two attached hydrogens (primary N) is 2. The Labute approximate surface area is 184 Å². The Kier molecular flexibility index (Phi) is 8.43. The summed E-state index contributed by atoms with van der Waals surface area (Å²) in [6, 6.07) is 5.72. The summed E-state index contributed by atoms with van der Waals surface area (Å²) in [6.45, 7) is 0.841. The maximum absolute atomic E-state index is 11.9. The predicted molar refractivity (Wildman–Crippen MR) is 113 cm³/mol. The topological polar surface area (TPSA) is 127 Å². The van der Waals surface area contributed by atoms with Crippen LogP contribution in [-0.4, -0.2) is 53.6 Å². The number of nitrogens with zero attached hydrogens (tertiary/aromatic N) is 1. The number of carbonyl (C=O) groups is 3. The van der Waals surface area contributed by atoms with E-state index in [1.165, 1.54) is 17.6 Å². The number of carboxylic acids is 1. The fraction of sp³-hybridized carbons (Fsp3) is 0.500. The van der Waals surface area contributed by atoms with Crippen molar-refractivity contribution in [3.8, 4) is 0 Å². The lowest BCUT2D eigenvalue weighted by atomic mass is 9.82. The molecule has 32 heavy (non-hydrogen) atoms. The standard InChI is InChI=1S/C20H27N3O2.C2HF3O2/c1-23-10-9-15(12-18(23)20(22)25)14-7-8-16(19(21)24)17(11-14)13-5-3-2-4-6-13;3-2(4,5)1(6)7/h5,7-8,11,15,18H,2-4,6,9-10,12H2,1H3,(H2,21,24)(H2,22,25);(H,6,7). The van der Waals surface area contributed by atoms with Gasteiger partial charge in [-0.05, 0) is 80.8 Å². The van der Waals surface area contributed by atoms with E-state index in [9.17, 15) is 22.8 Å². The summed E-state index contributed by atoms with van der Waals surface area (Å²) in [5, 5.41) is 7.12. The molecule has 1 heterocycles. The first-order valence-electron chi connectivity index (χ1n) is 10.3. The van der Waals surface area contributed by atoms with Crippen LogP contribution >= 0.6 is 0 Å². The van der Waals surface area contributed by atoms with E-state index < -0.39 is 12.1 Å². The van der Waals surface area contributed by atoms with Crippen LogP contribution in [0.4, 0.5) is 13.2 Å². The first-order chi connectivity index (χ1) is 14.9. The Morgan fingerprint density at radius 3 is 2.31 bits per heavy atom. The molecule has 2 atom stereocenters. The molecule has 1 aliphatic heterocycles. The minimum Gasteiger partial charge on any atom is -0.475 e. The molecule has 1 saturated heterocycles. The first kappa shape index (κ1) is 25.4. The van der Waals surface area contributed by atoms with E-state index in [4.69, 9.17) is 21.4 Å². The maximum Gasteiger partial charge on any atom is 0.490 e. The molecule has 0 spiro atoms. The lowest BCUT2D eigenvalue weighted by Crippen LogP contribution is -2.47. The van der Waals surface area contributed by atoms with E-state index in [1.807, 2.05) is 24.1 Å². The van der Waals surface area contributed by atoms with Gasteiger partial charge in [-0.3, -0.25) is 14.5 Å². The molecular weight excluding hydrogens is 427 g/mol. The molecular formula is C22H28F3N3O4. The number of alkyl halides is 3. The average Bonchev–Trinajstić information content (AvgIpc) is 2.73. The van der Waals surface area contributed by atoms with Gasteiger partial charge >= 0.3 is 12.1 Å². The third kappa shape index (κ3) is 6.56. The number of likely N-dealkylation sites (N-methyl/N-ethyl adjacent to an activating group) is 1. The van der Waals surface area contributed by atoms with Crippen molar-refractivity contribution in [2.24, 2.45) is 11.5 Å². The Morgan fingerprint density at radius 1 is 1.16 bits per heavy atom. The monoisotopic (exact) mass is 455 g/mol. The highest BCUT2D eigenvalue weighted by Gasteiger charge is 2.38. The number of halogens is 3. The average molecular weight is 455 g/mol. The number of carboxylic acid groups (broad SMARTS) is 1. The van der Waals surface area contributed by atoms with E-state index in [-0.39, 0.29) is 23.8 Å². The summed E-state index contributed by atoms with van der Waals surface area (Å²) in [6.07, 6.45) is 3.23. The van der Waals surface area contributed by atoms with Gasteiger partial charge in [0, 0.05) is 5.56 Å². The van der Waals surface area contributed by atoms with Crippen LogP contribution in [0.25, 0.3) is 5.57 Å². The third-order valence-electron chi connectivity index (χ3n) is 5.86. The van der Waals surface area contributed by atoms with E-state index >= 15 is 0 Å². The molecule has 3 rings (SSSR count). The van der Waals surface area contributed by atoms with Crippen LogP contribution in [0.2, 0.25) is 0 Å². The summed E-state index contributed by atoms with van der Waals surface area (Å²) >= 11 is 0. The summed E-state index contributed by atoms with van der Waals surface area (Å²) in [4.78, 5) is 34.5. The smallest absolute Gasteiger partial charge is 0.475 e. The van der Waals surface area contributed by atoms with Crippen LogP contribution in [0.15, 0.2) is 24.3 Å². The van der Waals surface area contributed by atoms with E-state index in [1.54, 1.807) is 0 Å². The number of aliphatic carboxylic acids is 1. The summed E-state index contributed by atoms with van der Waals surface area (Å²) in [5.74, 6) is -3.13. The second kappa shape index (κ2) is 10.6. The van der Waals surface area contributed by atoms with Crippen molar-refractivity contribution in [1.82, 2.24) is 4.90 Å². The van der Waals surface area contributed by atoms with Gasteiger partial charge in [0.2, 0.25) is 11.8 Å². The highest BCUT2D eigenvalue weighted by atomic mass is 19.4. The number of likely N-dealkylation sites (tertiary alicyclic amines) is 1. The molecule has 2 amide bonds. The van der Waals surface area contributed by atoms with Crippen molar-refractivity contribution in [3.05, 3.63) is 41.0 Å². The molecule has 10 heteroatoms. The number of benzene rings is 1. The molecule has 1 aromatic carbocycles. The van der Waals surface area contributed by atoms with Gasteiger partial charge in [0.1, 0.15) is 0 Å². The number of hydrogen-bond acceptors (Lipinski definition) is 4. The van der Waals surface area contributed by atoms with Gasteiger partial charge in [-0.15, -0.1) is 0 Å². The first-order valence-corrected chi connectivity index (χ1v) is 10.3. The van der Waals surface area contributed by atoms with Gasteiger partial charge in [-0.25, -0.2) is 4.79 Å². The molecule has 2 aliphatic rings. The Morgan fingerprint density at radius 2 is 1.81 bits per heavy atom. The minimum absolute atomic E-state index is 0.230. The van der Waals surface area contributed by atoms with Gasteiger partial charge in [0.05, 0.1) is 6.04 Å². The van der Waals surface area contributed by atoms with Crippen molar-refractivity contribution >= 4 is 23.4 Å². The summed E-state index contributed by atoms with van der Waals surface area (Å²) in [5.41, 5.74) is 15.1. The Hall–Kier alpha value is -2.88. The number of amides is 2. The highest BCUT2D eigenvalue weighted by molar-refractivity contribution is 5.98. The molecule has 2 unspecified atom stereocenters. The fourth-order valence-corrected chi connectivity index (χ4v) is 4.10. The van der Waals surface area contributed by atoms with Crippen LogP contribution in [0, 0.1) is 0 Å². The Balaban J connectivity index is 0.000000451. The van der Waals surface area contributed by atoms with Crippen LogP contribution in [0.5, 0.6) is 0 Å². The normalized spacial score (nSPS) is 21.7. The molecule has 0 aromatic heterocycles. The van der Waals surface area contributed by atoms with Gasteiger partial charge in [-0.1, -0.05) is 18.2 Å². The largest absolute Gasteiger partial charge is 0.490 e. The quantitative estimate of drug-likeness (QED) is 0.643. The zero-order valence-electron chi connectivity index (χ0n) is 17.8. The molecule has 7 nitrogen and oxygen atoms in total. The van der Waals surface area contributed by atoms with Crippen molar-refractivity contribution < 1.29 is 32.7 Å². The van der Waals surface area contributed by atoms with Crippen LogP contribution < -0.4 is 11.5 Å². The van der Waals surface area contributed by atoms with Crippen molar-refractivity contribution in [3.63, 3.8) is 0 Å². The molecule has 0 radical (unpaired) electrons. The Bertz CT molecular complexity index is 899. The number of hydrogen-bond donors (Lipinski definition) is 3. The minimum atomic E-state index is -5.08. The third-order valence-corrected chi connectivity index (χ3v) is 5.86. The van der Waals surface area contributed by atoms with E-state index in [0.717, 1.165) is 44.2 Å². The molecule has 1 aromatic rings. The van der Waals surface area contributed by atoms with Crippen molar-refractivity contribution in [2.75, 3.05) is 13.6 Å². The van der Waals surface area contributed by atoms with Crippen LogP contribution in [0.1, 0.15) is 65.9 Å². The molecule has 176 valence electrons. The van der Waals surface area contributed by atoms with E-state index in [2.05, 4.69) is 12.1 Å². The van der Waals surface area contributed by atoms with Gasteiger partial charge in [0.25, 0.3) is 0 Å². The van der Waals surface area contributed by atoms with Crippen LogP contribution in [0.3, 0.4) is 0 Å². The number of primary amides is 2. The molecule has 1 aliphatic carbocycles. The van der Waals surface area contributed by atoms with Gasteiger partial charge < -0.3 is 16.6 Å². The second-order valence-corrected chi connectivity index (χ2v) is 8.07. The maximum atomic E-state index is 11.9. The summed E-state index contributed by atoms with van der Waals surface area (Å²) in [7, 11) is 1.94. The SMILES string of the molecule is CN1CCC(c2ccc(C(N)=O)c(C3=CCCCC3)c2)CC1C(N)=O.O=C(O)C(F)(F)F. The van der Waals surface area contributed by atoms with Crippen LogP contribution in [-0.2, 0) is 9.59 Å². The lowest BCUT2D eigenvalue weighted by molar-refractivity contribution is -0.192. The van der Waals surface area contributed by atoms with Gasteiger partial charge in [0.15, 0.2) is 0 Å².